The summed E-state index contributed by atoms with van der Waals surface area (Å²) in [6.07, 6.45) is 0.984. The Bertz CT molecular complexity index is 1410. The Balaban J connectivity index is 0.000000436. The van der Waals surface area contributed by atoms with Crippen LogP contribution >= 0.6 is 11.6 Å². The number of benzene rings is 1. The number of cyclic esters (lactones) is 1. The Morgan fingerprint density at radius 1 is 1.37 bits per heavy atom. The third-order valence-corrected chi connectivity index (χ3v) is 5.68. The van der Waals surface area contributed by atoms with Gasteiger partial charge >= 0.3 is 18.0 Å². The molecule has 0 saturated carbocycles. The van der Waals surface area contributed by atoms with E-state index in [1.165, 1.54) is 12.4 Å². The van der Waals surface area contributed by atoms with Gasteiger partial charge in [0.25, 0.3) is 0 Å². The Labute approximate surface area is 220 Å². The second-order valence-electron chi connectivity index (χ2n) is 7.89. The zero-order valence-electron chi connectivity index (χ0n) is 20.4. The lowest BCUT2D eigenvalue weighted by atomic mass is 9.99. The average Bonchev–Trinajstić information content (AvgIpc) is 3.44. The number of nitrogens with zero attached hydrogens (tertiary/aromatic N) is 4. The van der Waals surface area contributed by atoms with Gasteiger partial charge in [-0.25, -0.2) is 33.4 Å². The molecule has 0 bridgehead atoms. The Morgan fingerprint density at radius 2 is 2.03 bits per heavy atom. The summed E-state index contributed by atoms with van der Waals surface area (Å²) < 4.78 is 27.7. The predicted molar refractivity (Wildman–Crippen MR) is 133 cm³/mol. The van der Waals surface area contributed by atoms with Crippen molar-refractivity contribution in [3.05, 3.63) is 52.2 Å². The largest absolute Gasteiger partial charge is 0.493 e. The number of halogens is 2. The summed E-state index contributed by atoms with van der Waals surface area (Å²) >= 11 is 6.22. The molecule has 15 heteroatoms. The third-order valence-electron chi connectivity index (χ3n) is 5.41. The highest BCUT2D eigenvalue weighted by Crippen LogP contribution is 2.42. The van der Waals surface area contributed by atoms with E-state index in [2.05, 4.69) is 20.4 Å². The van der Waals surface area contributed by atoms with Gasteiger partial charge in [-0.05, 0) is 26.8 Å². The second-order valence-corrected chi connectivity index (χ2v) is 8.29. The number of carbonyl (C=O) groups is 3. The minimum absolute atomic E-state index is 0.0897. The normalized spacial score (nSPS) is 15.5. The molecule has 3 aromatic rings. The number of nitrogens with one attached hydrogen (secondary N) is 1. The molecule has 202 valence electrons. The van der Waals surface area contributed by atoms with Crippen molar-refractivity contribution in [2.24, 2.45) is 0 Å². The van der Waals surface area contributed by atoms with Crippen molar-refractivity contribution in [2.45, 2.75) is 32.9 Å². The fraction of sp³-hybridized carbons (Fsp3) is 0.304. The number of anilines is 1. The first-order chi connectivity index (χ1) is 18.0. The number of amides is 1. The minimum atomic E-state index is -1.26. The number of hydrogen-bond acceptors (Lipinski definition) is 9. The molecule has 2 atom stereocenters. The minimum Gasteiger partial charge on any atom is -0.493 e. The molecule has 2 aromatic heterocycles. The van der Waals surface area contributed by atoms with Crippen molar-refractivity contribution in [1.29, 1.82) is 0 Å². The van der Waals surface area contributed by atoms with Crippen LogP contribution in [-0.4, -0.2) is 61.1 Å². The summed E-state index contributed by atoms with van der Waals surface area (Å²) in [6.45, 7) is 5.83. The molecule has 1 aromatic carbocycles. The summed E-state index contributed by atoms with van der Waals surface area (Å²) in [4.78, 5) is 39.0. The van der Waals surface area contributed by atoms with Gasteiger partial charge in [0.1, 0.15) is 17.9 Å². The van der Waals surface area contributed by atoms with E-state index in [1.54, 1.807) is 18.5 Å². The van der Waals surface area contributed by atoms with Crippen LogP contribution in [0.3, 0.4) is 0 Å². The van der Waals surface area contributed by atoms with Gasteiger partial charge < -0.3 is 30.7 Å². The lowest BCUT2D eigenvalue weighted by molar-refractivity contribution is -0.134. The Hall–Kier alpha value is -4.46. The molecule has 1 aliphatic rings. The van der Waals surface area contributed by atoms with Crippen LogP contribution in [0.4, 0.5) is 15.0 Å². The third kappa shape index (κ3) is 5.91. The van der Waals surface area contributed by atoms with Crippen molar-refractivity contribution in [3.63, 3.8) is 0 Å². The Morgan fingerprint density at radius 3 is 2.58 bits per heavy atom. The topological polar surface area (TPSA) is 192 Å². The van der Waals surface area contributed by atoms with E-state index in [-0.39, 0.29) is 29.5 Å². The van der Waals surface area contributed by atoms with Gasteiger partial charge in [-0.1, -0.05) is 11.6 Å². The van der Waals surface area contributed by atoms with Crippen LogP contribution in [0.1, 0.15) is 42.8 Å². The van der Waals surface area contributed by atoms with Gasteiger partial charge in [0.15, 0.2) is 17.6 Å². The van der Waals surface area contributed by atoms with Crippen LogP contribution < -0.4 is 15.8 Å². The van der Waals surface area contributed by atoms with Crippen LogP contribution in [0.5, 0.6) is 5.75 Å². The smallest absolute Gasteiger partial charge is 0.407 e. The molecule has 0 spiro atoms. The molecule has 3 heterocycles. The van der Waals surface area contributed by atoms with E-state index < -0.39 is 36.0 Å². The van der Waals surface area contributed by atoms with E-state index in [1.807, 2.05) is 6.92 Å². The number of alkyl carbamates (subject to hydrolysis) is 1. The van der Waals surface area contributed by atoms with Gasteiger partial charge in [-0.15, -0.1) is 0 Å². The fourth-order valence-electron chi connectivity index (χ4n) is 3.82. The molecule has 1 fully saturated rings. The predicted octanol–water partition coefficient (Wildman–Crippen LogP) is 3.01. The van der Waals surface area contributed by atoms with Gasteiger partial charge in [0, 0.05) is 17.7 Å². The number of carboxylic acids is 2. The van der Waals surface area contributed by atoms with Crippen LogP contribution in [0.25, 0.3) is 11.0 Å². The van der Waals surface area contributed by atoms with Gasteiger partial charge in [0.2, 0.25) is 0 Å². The van der Waals surface area contributed by atoms with E-state index in [0.717, 1.165) is 0 Å². The van der Waals surface area contributed by atoms with Crippen molar-refractivity contribution in [1.82, 2.24) is 25.1 Å². The summed E-state index contributed by atoms with van der Waals surface area (Å²) in [5.41, 5.74) is 7.85. The van der Waals surface area contributed by atoms with E-state index >= 15 is 4.39 Å². The number of nitrogens with two attached hydrogens (primary N) is 1. The SMILES string of the molecule is CCOc1c(C(C)n2nc(C)c3c(N)ncnc32)cc(Cl)c(F)c1[C@@H]1CNC(=O)O1.O=C(O)/C=C\C(=O)O. The summed E-state index contributed by atoms with van der Waals surface area (Å²) in [5, 5.41) is 23.2. The standard InChI is InChI=1S/C19H20ClFN6O3.C4H4O4/c1-4-29-16-10(5-11(20)15(21)14(16)12-6-23-19(28)30-12)9(3)27-18-13(8(2)26-27)17(22)24-7-25-18;5-3(6)1-2-4(7)8/h5,7,9,12H,4,6H2,1-3H3,(H,23,28)(H2,22,24,25);1-2H,(H,5,6)(H,7,8)/b;2-1-/t9?,12-;/m0./s1. The Kier molecular flexibility index (Phi) is 8.68. The molecule has 5 N–H and O–H groups in total. The first kappa shape index (κ1) is 28.1. The number of carbonyl (C=O) groups excluding carboxylic acids is 1. The van der Waals surface area contributed by atoms with Gasteiger partial charge in [-0.2, -0.15) is 5.10 Å². The molecule has 4 rings (SSSR count). The van der Waals surface area contributed by atoms with Crippen molar-refractivity contribution >= 4 is 46.5 Å². The number of hydrogen-bond donors (Lipinski definition) is 4. The van der Waals surface area contributed by atoms with Crippen LogP contribution in [0, 0.1) is 12.7 Å². The number of carboxylic acid groups (broad SMARTS) is 2. The maximum Gasteiger partial charge on any atom is 0.407 e. The molecule has 1 aliphatic heterocycles. The zero-order chi connectivity index (χ0) is 28.1. The van der Waals surface area contributed by atoms with Crippen LogP contribution in [-0.2, 0) is 14.3 Å². The van der Waals surface area contributed by atoms with Gasteiger partial charge in [-0.3, -0.25) is 0 Å². The molecule has 0 radical (unpaired) electrons. The molecule has 13 nitrogen and oxygen atoms in total. The molecule has 1 saturated heterocycles. The number of aryl methyl sites for hydroxylation is 1. The van der Waals surface area contributed by atoms with E-state index in [4.69, 9.17) is 37.0 Å². The second kappa shape index (κ2) is 11.7. The molecule has 0 aliphatic carbocycles. The lowest BCUT2D eigenvalue weighted by Gasteiger charge is -2.23. The monoisotopic (exact) mass is 550 g/mol. The highest BCUT2D eigenvalue weighted by molar-refractivity contribution is 6.31. The van der Waals surface area contributed by atoms with Crippen molar-refractivity contribution < 1.29 is 38.5 Å². The average molecular weight is 551 g/mol. The number of ether oxygens (including phenoxy) is 2. The molecule has 1 unspecified atom stereocenters. The zero-order valence-corrected chi connectivity index (χ0v) is 21.2. The number of nitrogen functional groups attached to an aromatic ring is 1. The summed E-state index contributed by atoms with van der Waals surface area (Å²) in [6, 6.07) is 1.05. The van der Waals surface area contributed by atoms with Crippen LogP contribution in [0.15, 0.2) is 24.5 Å². The summed E-state index contributed by atoms with van der Waals surface area (Å²) in [7, 11) is 0. The highest BCUT2D eigenvalue weighted by atomic mass is 35.5. The summed E-state index contributed by atoms with van der Waals surface area (Å²) in [5.74, 6) is -2.62. The number of aromatic nitrogens is 4. The van der Waals surface area contributed by atoms with E-state index in [0.29, 0.717) is 40.3 Å². The molecular weight excluding hydrogens is 527 g/mol. The quantitative estimate of drug-likeness (QED) is 0.316. The van der Waals surface area contributed by atoms with Crippen molar-refractivity contribution in [2.75, 3.05) is 18.9 Å². The number of fused-ring (bicyclic) bond motifs is 1. The molecular formula is C23H24ClFN6O7. The number of aliphatic carboxylic acids is 2. The van der Waals surface area contributed by atoms with Crippen LogP contribution in [0.2, 0.25) is 5.02 Å². The number of rotatable bonds is 7. The first-order valence-electron chi connectivity index (χ1n) is 11.1. The van der Waals surface area contributed by atoms with Gasteiger partial charge in [0.05, 0.1) is 40.9 Å². The van der Waals surface area contributed by atoms with E-state index in [9.17, 15) is 14.4 Å². The van der Waals surface area contributed by atoms with Crippen molar-refractivity contribution in [3.8, 4) is 5.75 Å². The maximum atomic E-state index is 15.0. The lowest BCUT2D eigenvalue weighted by Crippen LogP contribution is -2.16. The maximum absolute atomic E-state index is 15.0. The molecule has 38 heavy (non-hydrogen) atoms. The highest BCUT2D eigenvalue weighted by Gasteiger charge is 2.34. The first-order valence-corrected chi connectivity index (χ1v) is 11.5. The molecule has 1 amide bonds. The fourth-order valence-corrected chi connectivity index (χ4v) is 4.04.